The fourth-order valence-electron chi connectivity index (χ4n) is 2.94. The summed E-state index contributed by atoms with van der Waals surface area (Å²) >= 11 is 0. The molecule has 0 bridgehead atoms. The quantitative estimate of drug-likeness (QED) is 0.328. The first-order valence-corrected chi connectivity index (χ1v) is 9.10. The van der Waals surface area contributed by atoms with Crippen molar-refractivity contribution >= 4 is 28.5 Å². The zero-order chi connectivity index (χ0) is 20.3. The second kappa shape index (κ2) is 7.55. The first-order valence-electron chi connectivity index (χ1n) is 9.10. The van der Waals surface area contributed by atoms with Crippen molar-refractivity contribution in [1.29, 1.82) is 0 Å². The molecule has 3 heterocycles. The maximum Gasteiger partial charge on any atom is 0.331 e. The number of hydrogen-bond donors (Lipinski definition) is 0. The summed E-state index contributed by atoms with van der Waals surface area (Å²) in [4.78, 5) is 12.1. The molecule has 3 aromatic heterocycles. The lowest BCUT2D eigenvalue weighted by Gasteiger charge is -1.99. The topological polar surface area (TPSA) is 108 Å². The molecule has 0 radical (unpaired) electrons. The maximum atomic E-state index is 12.1. The molecule has 146 valence electrons. The number of hydrogen-bond acceptors (Lipinski definition) is 8. The van der Waals surface area contributed by atoms with Crippen LogP contribution in [-0.4, -0.2) is 36.0 Å². The number of ether oxygens (including phenoxy) is 1. The van der Waals surface area contributed by atoms with Crippen molar-refractivity contribution in [3.63, 3.8) is 0 Å². The summed E-state index contributed by atoms with van der Waals surface area (Å²) in [5.41, 5.74) is 1.40. The van der Waals surface area contributed by atoms with E-state index in [1.165, 1.54) is 12.2 Å². The molecule has 0 unspecified atom stereocenters. The van der Waals surface area contributed by atoms with Gasteiger partial charge in [-0.05, 0) is 18.2 Å². The van der Waals surface area contributed by atoms with E-state index < -0.39 is 5.97 Å². The van der Waals surface area contributed by atoms with Crippen LogP contribution in [0.3, 0.4) is 0 Å². The van der Waals surface area contributed by atoms with Gasteiger partial charge in [-0.15, -0.1) is 20.4 Å². The van der Waals surface area contributed by atoms with Gasteiger partial charge in [0.25, 0.3) is 5.89 Å². The van der Waals surface area contributed by atoms with Crippen molar-refractivity contribution in [1.82, 2.24) is 30.0 Å². The van der Waals surface area contributed by atoms with E-state index in [-0.39, 0.29) is 12.5 Å². The Kier molecular flexibility index (Phi) is 4.45. The summed E-state index contributed by atoms with van der Waals surface area (Å²) < 4.78 is 12.2. The van der Waals surface area contributed by atoms with E-state index in [0.717, 1.165) is 16.3 Å². The Bertz CT molecular complexity index is 1370. The molecule has 9 heteroatoms. The Morgan fingerprint density at radius 2 is 1.83 bits per heavy atom. The SMILES string of the molecule is O=C(/C=C/c1nnc2c3ccccc3cnn12)OCc1nnc(-c2ccccc2)o1. The van der Waals surface area contributed by atoms with Gasteiger partial charge in [-0.1, -0.05) is 42.5 Å². The number of rotatable bonds is 5. The highest BCUT2D eigenvalue weighted by molar-refractivity contribution is 5.93. The summed E-state index contributed by atoms with van der Waals surface area (Å²) in [6.07, 6.45) is 4.47. The zero-order valence-electron chi connectivity index (χ0n) is 15.5. The second-order valence-corrected chi connectivity index (χ2v) is 6.33. The minimum Gasteiger partial charge on any atom is -0.452 e. The number of esters is 1. The van der Waals surface area contributed by atoms with Crippen LogP contribution in [0.2, 0.25) is 0 Å². The lowest BCUT2D eigenvalue weighted by molar-refractivity contribution is -0.139. The molecule has 0 atom stereocenters. The van der Waals surface area contributed by atoms with Crippen LogP contribution in [0, 0.1) is 0 Å². The molecular weight excluding hydrogens is 384 g/mol. The lowest BCUT2D eigenvalue weighted by Crippen LogP contribution is -2.01. The van der Waals surface area contributed by atoms with Gasteiger partial charge in [-0.25, -0.2) is 4.79 Å². The molecule has 0 amide bonds. The van der Waals surface area contributed by atoms with Crippen LogP contribution in [0.1, 0.15) is 11.7 Å². The average molecular weight is 398 g/mol. The van der Waals surface area contributed by atoms with E-state index in [2.05, 4.69) is 25.5 Å². The first-order chi connectivity index (χ1) is 14.8. The standard InChI is InChI=1S/C21H14N6O3/c28-19(29-13-18-24-26-21(30-18)14-6-2-1-3-7-14)11-10-17-23-25-20-16-9-5-4-8-15(16)12-22-27(17)20/h1-12H,13H2/b11-10+. The van der Waals surface area contributed by atoms with Gasteiger partial charge < -0.3 is 9.15 Å². The molecule has 0 fully saturated rings. The molecule has 9 nitrogen and oxygen atoms in total. The molecule has 5 rings (SSSR count). The van der Waals surface area contributed by atoms with E-state index in [1.807, 2.05) is 54.6 Å². The molecule has 0 saturated heterocycles. The van der Waals surface area contributed by atoms with Gasteiger partial charge >= 0.3 is 5.97 Å². The van der Waals surface area contributed by atoms with E-state index in [4.69, 9.17) is 9.15 Å². The van der Waals surface area contributed by atoms with Gasteiger partial charge in [0.05, 0.1) is 6.20 Å². The van der Waals surface area contributed by atoms with Crippen LogP contribution in [0.25, 0.3) is 33.9 Å². The minimum atomic E-state index is -0.577. The van der Waals surface area contributed by atoms with Crippen molar-refractivity contribution < 1.29 is 13.9 Å². The average Bonchev–Trinajstić information content (AvgIpc) is 3.44. The Morgan fingerprint density at radius 3 is 2.73 bits per heavy atom. The zero-order valence-corrected chi connectivity index (χ0v) is 15.5. The molecular formula is C21H14N6O3. The summed E-state index contributed by atoms with van der Waals surface area (Å²) in [6.45, 7) is -0.132. The molecule has 0 aliphatic rings. The number of nitrogens with zero attached hydrogens (tertiary/aromatic N) is 6. The number of carbonyl (C=O) groups excluding carboxylic acids is 1. The highest BCUT2D eigenvalue weighted by Crippen LogP contribution is 2.18. The van der Waals surface area contributed by atoms with Crippen LogP contribution >= 0.6 is 0 Å². The summed E-state index contributed by atoms with van der Waals surface area (Å²) in [7, 11) is 0. The van der Waals surface area contributed by atoms with Gasteiger partial charge in [0.15, 0.2) is 18.1 Å². The maximum absolute atomic E-state index is 12.1. The van der Waals surface area contributed by atoms with Crippen LogP contribution in [0.5, 0.6) is 0 Å². The van der Waals surface area contributed by atoms with Gasteiger partial charge in [0, 0.05) is 22.4 Å². The van der Waals surface area contributed by atoms with Gasteiger partial charge in [-0.2, -0.15) is 9.61 Å². The van der Waals surface area contributed by atoms with Crippen molar-refractivity contribution in [3.05, 3.63) is 78.6 Å². The summed E-state index contributed by atoms with van der Waals surface area (Å²) in [5.74, 6) is 0.408. The summed E-state index contributed by atoms with van der Waals surface area (Å²) in [6, 6.07) is 17.1. The highest BCUT2D eigenvalue weighted by Gasteiger charge is 2.11. The normalized spacial score (nSPS) is 11.5. The molecule has 30 heavy (non-hydrogen) atoms. The smallest absolute Gasteiger partial charge is 0.331 e. The molecule has 0 aliphatic carbocycles. The number of benzene rings is 2. The third-order valence-electron chi connectivity index (χ3n) is 4.37. The van der Waals surface area contributed by atoms with Crippen LogP contribution < -0.4 is 0 Å². The third kappa shape index (κ3) is 3.39. The van der Waals surface area contributed by atoms with Gasteiger partial charge in [-0.3, -0.25) is 0 Å². The molecule has 0 spiro atoms. The first kappa shape index (κ1) is 17.7. The van der Waals surface area contributed by atoms with Crippen molar-refractivity contribution in [3.8, 4) is 11.5 Å². The monoisotopic (exact) mass is 398 g/mol. The minimum absolute atomic E-state index is 0.132. The van der Waals surface area contributed by atoms with Crippen molar-refractivity contribution in [2.45, 2.75) is 6.61 Å². The Labute approximate surface area is 169 Å². The molecule has 0 N–H and O–H groups in total. The lowest BCUT2D eigenvalue weighted by atomic mass is 10.2. The molecule has 5 aromatic rings. The van der Waals surface area contributed by atoms with Gasteiger partial charge in [0.2, 0.25) is 5.89 Å². The number of carbonyl (C=O) groups is 1. The largest absolute Gasteiger partial charge is 0.452 e. The predicted octanol–water partition coefficient (Wildman–Crippen LogP) is 3.08. The summed E-state index contributed by atoms with van der Waals surface area (Å²) in [5, 5.41) is 22.3. The fraction of sp³-hybridized carbons (Fsp3) is 0.0476. The van der Waals surface area contributed by atoms with Gasteiger partial charge in [0.1, 0.15) is 0 Å². The molecule has 0 saturated carbocycles. The second-order valence-electron chi connectivity index (χ2n) is 6.33. The number of aromatic nitrogens is 6. The Morgan fingerprint density at radius 1 is 1.00 bits per heavy atom. The fourth-order valence-corrected chi connectivity index (χ4v) is 2.94. The Balaban J connectivity index is 1.27. The van der Waals surface area contributed by atoms with Crippen LogP contribution in [-0.2, 0) is 16.1 Å². The van der Waals surface area contributed by atoms with Crippen LogP contribution in [0.15, 0.2) is 71.3 Å². The Hall–Kier alpha value is -4.40. The highest BCUT2D eigenvalue weighted by atomic mass is 16.5. The molecule has 0 aliphatic heterocycles. The third-order valence-corrected chi connectivity index (χ3v) is 4.37. The van der Waals surface area contributed by atoms with E-state index in [0.29, 0.717) is 17.4 Å². The van der Waals surface area contributed by atoms with E-state index >= 15 is 0 Å². The predicted molar refractivity (Wildman–Crippen MR) is 107 cm³/mol. The van der Waals surface area contributed by atoms with Crippen LogP contribution in [0.4, 0.5) is 0 Å². The van der Waals surface area contributed by atoms with Crippen molar-refractivity contribution in [2.75, 3.05) is 0 Å². The molecule has 2 aromatic carbocycles. The van der Waals surface area contributed by atoms with E-state index in [9.17, 15) is 4.79 Å². The van der Waals surface area contributed by atoms with E-state index in [1.54, 1.807) is 10.7 Å². The van der Waals surface area contributed by atoms with Crippen molar-refractivity contribution in [2.24, 2.45) is 0 Å². The number of fused-ring (bicyclic) bond motifs is 3.